The third kappa shape index (κ3) is 2.96. The van der Waals surface area contributed by atoms with Gasteiger partial charge in [0.1, 0.15) is 10.6 Å². The van der Waals surface area contributed by atoms with Gasteiger partial charge in [-0.1, -0.05) is 6.07 Å². The zero-order valence-electron chi connectivity index (χ0n) is 13.3. The third-order valence-corrected chi connectivity index (χ3v) is 6.13. The zero-order chi connectivity index (χ0) is 16.4. The van der Waals surface area contributed by atoms with E-state index in [1.807, 2.05) is 25.1 Å². The van der Waals surface area contributed by atoms with Gasteiger partial charge in [0, 0.05) is 18.9 Å². The van der Waals surface area contributed by atoms with Crippen molar-refractivity contribution in [1.82, 2.24) is 9.29 Å². The van der Waals surface area contributed by atoms with Crippen molar-refractivity contribution in [1.29, 1.82) is 0 Å². The molecule has 1 aromatic heterocycles. The van der Waals surface area contributed by atoms with E-state index in [4.69, 9.17) is 4.74 Å². The van der Waals surface area contributed by atoms with Crippen LogP contribution in [0, 0.1) is 6.92 Å². The summed E-state index contributed by atoms with van der Waals surface area (Å²) >= 11 is 0. The second-order valence-corrected chi connectivity index (χ2v) is 7.57. The molecule has 1 atom stereocenters. The van der Waals surface area contributed by atoms with Gasteiger partial charge in [-0.25, -0.2) is 8.42 Å². The van der Waals surface area contributed by atoms with Gasteiger partial charge in [-0.05, 0) is 55.2 Å². The first-order valence-electron chi connectivity index (χ1n) is 7.60. The molecular formula is C17H20N2O3S. The average Bonchev–Trinajstić information content (AvgIpc) is 3.06. The van der Waals surface area contributed by atoms with E-state index >= 15 is 0 Å². The van der Waals surface area contributed by atoms with Crippen LogP contribution < -0.4 is 4.74 Å². The molecule has 1 aromatic carbocycles. The van der Waals surface area contributed by atoms with E-state index in [0.717, 1.165) is 24.0 Å². The van der Waals surface area contributed by atoms with Crippen molar-refractivity contribution in [2.75, 3.05) is 13.7 Å². The van der Waals surface area contributed by atoms with Crippen LogP contribution in [0.4, 0.5) is 0 Å². The maximum atomic E-state index is 13.2. The molecule has 0 aliphatic carbocycles. The fourth-order valence-corrected chi connectivity index (χ4v) is 4.98. The topological polar surface area (TPSA) is 59.5 Å². The van der Waals surface area contributed by atoms with Crippen molar-refractivity contribution >= 4 is 10.0 Å². The van der Waals surface area contributed by atoms with Crippen molar-refractivity contribution in [3.05, 3.63) is 53.9 Å². The second-order valence-electron chi connectivity index (χ2n) is 5.71. The first-order chi connectivity index (χ1) is 11.0. The minimum absolute atomic E-state index is 0.145. The normalized spacial score (nSPS) is 19.0. The fourth-order valence-electron chi connectivity index (χ4n) is 3.06. The molecule has 2 heterocycles. The summed E-state index contributed by atoms with van der Waals surface area (Å²) in [6, 6.07) is 8.85. The number of aryl methyl sites for hydroxylation is 1. The zero-order valence-corrected chi connectivity index (χ0v) is 14.1. The van der Waals surface area contributed by atoms with Crippen LogP contribution >= 0.6 is 0 Å². The van der Waals surface area contributed by atoms with E-state index in [-0.39, 0.29) is 10.9 Å². The minimum atomic E-state index is -3.61. The lowest BCUT2D eigenvalue weighted by Crippen LogP contribution is -2.31. The summed E-state index contributed by atoms with van der Waals surface area (Å²) in [5.74, 6) is 0.385. The molecule has 0 saturated carbocycles. The molecule has 5 nitrogen and oxygen atoms in total. The summed E-state index contributed by atoms with van der Waals surface area (Å²) in [4.78, 5) is 4.25. The highest BCUT2D eigenvalue weighted by Crippen LogP contribution is 2.38. The molecule has 1 aliphatic heterocycles. The van der Waals surface area contributed by atoms with Gasteiger partial charge in [-0.2, -0.15) is 4.31 Å². The number of nitrogens with zero attached hydrogens (tertiary/aromatic N) is 2. The summed E-state index contributed by atoms with van der Waals surface area (Å²) in [6.45, 7) is 2.40. The molecule has 3 rings (SSSR count). The van der Waals surface area contributed by atoms with Crippen LogP contribution in [0.15, 0.2) is 47.6 Å². The van der Waals surface area contributed by atoms with Gasteiger partial charge in [-0.3, -0.25) is 4.98 Å². The molecule has 0 spiro atoms. The Hall–Kier alpha value is -1.92. The molecule has 1 aliphatic rings. The lowest BCUT2D eigenvalue weighted by molar-refractivity contribution is 0.380. The van der Waals surface area contributed by atoms with Crippen LogP contribution in [0.25, 0.3) is 0 Å². The summed E-state index contributed by atoms with van der Waals surface area (Å²) in [5, 5.41) is 0. The number of methoxy groups -OCH3 is 1. The lowest BCUT2D eigenvalue weighted by Gasteiger charge is -2.25. The molecule has 0 radical (unpaired) electrons. The Morgan fingerprint density at radius 2 is 1.96 bits per heavy atom. The molecule has 1 fully saturated rings. The van der Waals surface area contributed by atoms with E-state index in [1.165, 1.54) is 7.11 Å². The number of pyridine rings is 1. The van der Waals surface area contributed by atoms with Gasteiger partial charge in [0.05, 0.1) is 13.2 Å². The molecule has 6 heteroatoms. The van der Waals surface area contributed by atoms with Crippen LogP contribution in [-0.2, 0) is 10.0 Å². The maximum absolute atomic E-state index is 13.2. The summed E-state index contributed by atoms with van der Waals surface area (Å²) in [5.41, 5.74) is 1.87. The Labute approximate surface area is 137 Å². The quantitative estimate of drug-likeness (QED) is 0.864. The highest BCUT2D eigenvalue weighted by molar-refractivity contribution is 7.89. The van der Waals surface area contributed by atoms with Crippen LogP contribution in [0.3, 0.4) is 0 Å². The Morgan fingerprint density at radius 1 is 1.22 bits per heavy atom. The monoisotopic (exact) mass is 332 g/mol. The van der Waals surface area contributed by atoms with Crippen LogP contribution in [-0.4, -0.2) is 31.4 Å². The highest BCUT2D eigenvalue weighted by Gasteiger charge is 2.37. The first-order valence-corrected chi connectivity index (χ1v) is 9.04. The molecular weight excluding hydrogens is 312 g/mol. The van der Waals surface area contributed by atoms with Gasteiger partial charge >= 0.3 is 0 Å². The van der Waals surface area contributed by atoms with E-state index in [2.05, 4.69) is 4.98 Å². The van der Waals surface area contributed by atoms with E-state index in [0.29, 0.717) is 12.3 Å². The largest absolute Gasteiger partial charge is 0.495 e. The first kappa shape index (κ1) is 16.0. The van der Waals surface area contributed by atoms with Crippen LogP contribution in [0.2, 0.25) is 0 Å². The SMILES string of the molecule is COc1ccc(C)cc1S(=O)(=O)N1CCCC1c1ccncc1. The second kappa shape index (κ2) is 6.29. The lowest BCUT2D eigenvalue weighted by atomic mass is 10.1. The van der Waals surface area contributed by atoms with Crippen molar-refractivity contribution in [3.63, 3.8) is 0 Å². The van der Waals surface area contributed by atoms with Gasteiger partial charge < -0.3 is 4.74 Å². The summed E-state index contributed by atoms with van der Waals surface area (Å²) in [7, 11) is -2.12. The fraction of sp³-hybridized carbons (Fsp3) is 0.353. The summed E-state index contributed by atoms with van der Waals surface area (Å²) in [6.07, 6.45) is 5.06. The average molecular weight is 332 g/mol. The number of rotatable bonds is 4. The number of hydrogen-bond donors (Lipinski definition) is 0. The van der Waals surface area contributed by atoms with Crippen LogP contribution in [0.1, 0.15) is 30.0 Å². The molecule has 0 bridgehead atoms. The van der Waals surface area contributed by atoms with Crippen LogP contribution in [0.5, 0.6) is 5.75 Å². The van der Waals surface area contributed by atoms with E-state index in [1.54, 1.807) is 28.8 Å². The number of sulfonamides is 1. The molecule has 1 unspecified atom stereocenters. The number of hydrogen-bond acceptors (Lipinski definition) is 4. The minimum Gasteiger partial charge on any atom is -0.495 e. The predicted octanol–water partition coefficient (Wildman–Crippen LogP) is 2.92. The molecule has 2 aromatic rings. The smallest absolute Gasteiger partial charge is 0.247 e. The Bertz CT molecular complexity index is 791. The highest BCUT2D eigenvalue weighted by atomic mass is 32.2. The maximum Gasteiger partial charge on any atom is 0.247 e. The standard InChI is InChI=1S/C17H20N2O3S/c1-13-5-6-16(22-2)17(12-13)23(20,21)19-11-3-4-15(19)14-7-9-18-10-8-14/h5-10,12,15H,3-4,11H2,1-2H3. The molecule has 0 N–H and O–H groups in total. The molecule has 1 saturated heterocycles. The third-order valence-electron chi connectivity index (χ3n) is 4.20. The number of benzene rings is 1. The van der Waals surface area contributed by atoms with Gasteiger partial charge in [0.2, 0.25) is 10.0 Å². The Balaban J connectivity index is 2.04. The van der Waals surface area contributed by atoms with E-state index < -0.39 is 10.0 Å². The van der Waals surface area contributed by atoms with Crippen molar-refractivity contribution in [3.8, 4) is 5.75 Å². The molecule has 0 amide bonds. The molecule has 23 heavy (non-hydrogen) atoms. The van der Waals surface area contributed by atoms with Gasteiger partial charge in [-0.15, -0.1) is 0 Å². The predicted molar refractivity (Wildman–Crippen MR) is 87.8 cm³/mol. The van der Waals surface area contributed by atoms with E-state index in [9.17, 15) is 8.42 Å². The summed E-state index contributed by atoms with van der Waals surface area (Å²) < 4.78 is 33.2. The van der Waals surface area contributed by atoms with Gasteiger partial charge in [0.15, 0.2) is 0 Å². The number of ether oxygens (including phenoxy) is 1. The van der Waals surface area contributed by atoms with Crippen molar-refractivity contribution in [2.45, 2.75) is 30.7 Å². The Kier molecular flexibility index (Phi) is 4.37. The molecule has 122 valence electrons. The Morgan fingerprint density at radius 3 is 2.65 bits per heavy atom. The van der Waals surface area contributed by atoms with Gasteiger partial charge in [0.25, 0.3) is 0 Å². The van der Waals surface area contributed by atoms with Crippen molar-refractivity contribution < 1.29 is 13.2 Å². The number of aromatic nitrogens is 1. The van der Waals surface area contributed by atoms with Crippen molar-refractivity contribution in [2.24, 2.45) is 0 Å².